The van der Waals surface area contributed by atoms with Gasteiger partial charge in [0.05, 0.1) is 29.8 Å². The Morgan fingerprint density at radius 1 is 1.30 bits per heavy atom. The summed E-state index contributed by atoms with van der Waals surface area (Å²) in [5, 5.41) is 12.8. The summed E-state index contributed by atoms with van der Waals surface area (Å²) in [4.78, 5) is 29.2. The zero-order valence-electron chi connectivity index (χ0n) is 15.2. The highest BCUT2D eigenvalue weighted by atomic mass is 16.3. The van der Waals surface area contributed by atoms with Crippen LogP contribution < -0.4 is 11.1 Å². The van der Waals surface area contributed by atoms with Crippen LogP contribution in [0.5, 0.6) is 0 Å². The number of anilines is 1. The first-order chi connectivity index (χ1) is 12.8. The number of nitrogens with zero attached hydrogens (tertiary/aromatic N) is 4. The number of rotatable bonds is 5. The van der Waals surface area contributed by atoms with Crippen molar-refractivity contribution in [1.29, 1.82) is 0 Å². The van der Waals surface area contributed by atoms with Gasteiger partial charge in [-0.05, 0) is 32.9 Å². The van der Waals surface area contributed by atoms with E-state index in [1.165, 1.54) is 12.5 Å². The van der Waals surface area contributed by atoms with Gasteiger partial charge in [-0.3, -0.25) is 9.78 Å². The maximum atomic E-state index is 12.5. The fraction of sp³-hybridized carbons (Fsp3) is 0.278. The molecule has 3 rings (SSSR count). The second-order valence-electron chi connectivity index (χ2n) is 6.48. The highest BCUT2D eigenvalue weighted by molar-refractivity contribution is 5.96. The molecule has 0 atom stereocenters. The van der Waals surface area contributed by atoms with Crippen LogP contribution in [-0.2, 0) is 12.1 Å². The van der Waals surface area contributed by atoms with Gasteiger partial charge in [0, 0.05) is 0 Å². The van der Waals surface area contributed by atoms with Crippen LogP contribution in [0.4, 0.5) is 5.82 Å². The smallest absolute Gasteiger partial charge is 0.274 e. The van der Waals surface area contributed by atoms with E-state index in [9.17, 15) is 9.90 Å². The quantitative estimate of drug-likeness (QED) is 0.616. The summed E-state index contributed by atoms with van der Waals surface area (Å²) in [6, 6.07) is 5.24. The van der Waals surface area contributed by atoms with E-state index in [1.807, 2.05) is 0 Å². The molecule has 0 saturated carbocycles. The van der Waals surface area contributed by atoms with Crippen molar-refractivity contribution in [2.75, 3.05) is 5.73 Å². The first-order valence-corrected chi connectivity index (χ1v) is 8.26. The molecule has 3 aromatic rings. The summed E-state index contributed by atoms with van der Waals surface area (Å²) in [6.07, 6.45) is 2.91. The van der Waals surface area contributed by atoms with Gasteiger partial charge in [0.25, 0.3) is 5.91 Å². The lowest BCUT2D eigenvalue weighted by atomic mass is 10.0. The Morgan fingerprint density at radius 2 is 2.07 bits per heavy atom. The summed E-state index contributed by atoms with van der Waals surface area (Å²) in [5.74, 6) is -0.215. The minimum atomic E-state index is -1.07. The molecule has 27 heavy (non-hydrogen) atoms. The lowest BCUT2D eigenvalue weighted by Gasteiger charge is -2.17. The van der Waals surface area contributed by atoms with Gasteiger partial charge in [-0.15, -0.1) is 0 Å². The lowest BCUT2D eigenvalue weighted by molar-refractivity contribution is 0.0736. The van der Waals surface area contributed by atoms with Crippen LogP contribution in [-0.4, -0.2) is 30.9 Å². The third kappa shape index (κ3) is 4.09. The van der Waals surface area contributed by atoms with Crippen molar-refractivity contribution < 1.29 is 14.3 Å². The van der Waals surface area contributed by atoms with Crippen LogP contribution in [0, 0.1) is 6.92 Å². The fourth-order valence-corrected chi connectivity index (χ4v) is 2.42. The summed E-state index contributed by atoms with van der Waals surface area (Å²) in [7, 11) is 0. The second-order valence-corrected chi connectivity index (χ2v) is 6.48. The summed E-state index contributed by atoms with van der Waals surface area (Å²) in [6.45, 7) is 5.14. The van der Waals surface area contributed by atoms with E-state index in [0.717, 1.165) is 0 Å². The molecule has 0 aliphatic rings. The normalized spacial score (nSPS) is 11.4. The second kappa shape index (κ2) is 7.12. The number of aryl methyl sites for hydroxylation is 1. The number of nitrogens with two attached hydrogens (primary N) is 1. The SMILES string of the molecule is Cc1nc(C(=O)NCc2cccc(C(C)(C)O)n2)c(N)nc1-c1ncco1. The van der Waals surface area contributed by atoms with Gasteiger partial charge in [-0.1, -0.05) is 6.07 Å². The number of aliphatic hydroxyl groups is 1. The molecule has 9 nitrogen and oxygen atoms in total. The number of pyridine rings is 1. The summed E-state index contributed by atoms with van der Waals surface area (Å²) in [5.41, 5.74) is 6.81. The van der Waals surface area contributed by atoms with Gasteiger partial charge < -0.3 is 20.6 Å². The largest absolute Gasteiger partial charge is 0.443 e. The van der Waals surface area contributed by atoms with Crippen molar-refractivity contribution in [2.45, 2.75) is 32.9 Å². The molecular weight excluding hydrogens is 348 g/mol. The molecule has 0 bridgehead atoms. The highest BCUT2D eigenvalue weighted by Crippen LogP contribution is 2.21. The number of carbonyl (C=O) groups excluding carboxylic acids is 1. The lowest BCUT2D eigenvalue weighted by Crippen LogP contribution is -2.27. The van der Waals surface area contributed by atoms with E-state index in [0.29, 0.717) is 22.8 Å². The van der Waals surface area contributed by atoms with Crippen LogP contribution >= 0.6 is 0 Å². The first-order valence-electron chi connectivity index (χ1n) is 8.26. The van der Waals surface area contributed by atoms with Gasteiger partial charge in [-0.2, -0.15) is 0 Å². The number of hydrogen-bond donors (Lipinski definition) is 3. The fourth-order valence-electron chi connectivity index (χ4n) is 2.42. The average molecular weight is 368 g/mol. The molecule has 0 radical (unpaired) electrons. The number of oxazole rings is 1. The molecule has 140 valence electrons. The first kappa shape index (κ1) is 18.5. The van der Waals surface area contributed by atoms with Gasteiger partial charge in [-0.25, -0.2) is 15.0 Å². The highest BCUT2D eigenvalue weighted by Gasteiger charge is 2.20. The zero-order chi connectivity index (χ0) is 19.6. The number of nitrogen functional groups attached to an aromatic ring is 1. The third-order valence-electron chi connectivity index (χ3n) is 3.81. The number of carbonyl (C=O) groups is 1. The molecule has 0 fully saturated rings. The molecule has 0 saturated heterocycles. The minimum Gasteiger partial charge on any atom is -0.443 e. The van der Waals surface area contributed by atoms with Crippen molar-refractivity contribution in [2.24, 2.45) is 0 Å². The van der Waals surface area contributed by atoms with Crippen molar-refractivity contribution in [1.82, 2.24) is 25.3 Å². The molecule has 9 heteroatoms. The summed E-state index contributed by atoms with van der Waals surface area (Å²) >= 11 is 0. The Bertz CT molecular complexity index is 964. The molecule has 4 N–H and O–H groups in total. The Kier molecular flexibility index (Phi) is 4.87. The van der Waals surface area contributed by atoms with E-state index < -0.39 is 11.5 Å². The molecular formula is C18H20N6O3. The predicted molar refractivity (Wildman–Crippen MR) is 97.3 cm³/mol. The van der Waals surface area contributed by atoms with Crippen LogP contribution in [0.25, 0.3) is 11.6 Å². The van der Waals surface area contributed by atoms with E-state index in [2.05, 4.69) is 25.3 Å². The van der Waals surface area contributed by atoms with Gasteiger partial charge in [0.1, 0.15) is 17.6 Å². The van der Waals surface area contributed by atoms with Gasteiger partial charge in [0.15, 0.2) is 11.5 Å². The molecule has 0 aliphatic heterocycles. The van der Waals surface area contributed by atoms with Crippen LogP contribution in [0.15, 0.2) is 35.1 Å². The molecule has 3 aromatic heterocycles. The Balaban J connectivity index is 1.76. The zero-order valence-corrected chi connectivity index (χ0v) is 15.2. The number of hydrogen-bond acceptors (Lipinski definition) is 8. The molecule has 0 spiro atoms. The van der Waals surface area contributed by atoms with E-state index in [-0.39, 0.29) is 23.9 Å². The maximum Gasteiger partial charge on any atom is 0.274 e. The minimum absolute atomic E-state index is 0.0152. The van der Waals surface area contributed by atoms with Crippen molar-refractivity contribution in [3.05, 3.63) is 53.4 Å². The number of nitrogens with one attached hydrogen (secondary N) is 1. The standard InChI is InChI=1S/C18H20N6O3/c1-10-13(17-20-7-8-27-17)24-15(19)14(22-10)16(25)21-9-11-5-4-6-12(23-11)18(2,3)26/h4-8,26H,9H2,1-3H3,(H2,19,24)(H,21,25). The van der Waals surface area contributed by atoms with E-state index in [1.54, 1.807) is 39.0 Å². The average Bonchev–Trinajstić information content (AvgIpc) is 3.15. The topological polar surface area (TPSA) is 140 Å². The number of amides is 1. The van der Waals surface area contributed by atoms with Crippen molar-refractivity contribution in [3.63, 3.8) is 0 Å². The Labute approximate surface area is 155 Å². The van der Waals surface area contributed by atoms with E-state index in [4.69, 9.17) is 10.2 Å². The Hall–Kier alpha value is -3.33. The predicted octanol–water partition coefficient (Wildman–Crippen LogP) is 1.57. The van der Waals surface area contributed by atoms with Crippen molar-refractivity contribution in [3.8, 4) is 11.6 Å². The van der Waals surface area contributed by atoms with Crippen LogP contribution in [0.1, 0.15) is 41.4 Å². The van der Waals surface area contributed by atoms with Gasteiger partial charge in [0.2, 0.25) is 5.89 Å². The van der Waals surface area contributed by atoms with Crippen LogP contribution in [0.2, 0.25) is 0 Å². The number of aromatic nitrogens is 4. The monoisotopic (exact) mass is 368 g/mol. The molecule has 0 aromatic carbocycles. The molecule has 1 amide bonds. The maximum absolute atomic E-state index is 12.5. The van der Waals surface area contributed by atoms with Crippen LogP contribution in [0.3, 0.4) is 0 Å². The molecule has 0 aliphatic carbocycles. The molecule has 0 unspecified atom stereocenters. The van der Waals surface area contributed by atoms with Crippen molar-refractivity contribution >= 4 is 11.7 Å². The van der Waals surface area contributed by atoms with Gasteiger partial charge >= 0.3 is 0 Å². The molecule has 3 heterocycles. The summed E-state index contributed by atoms with van der Waals surface area (Å²) < 4.78 is 5.20. The Morgan fingerprint density at radius 3 is 2.74 bits per heavy atom. The third-order valence-corrected chi connectivity index (χ3v) is 3.81. The van der Waals surface area contributed by atoms with E-state index >= 15 is 0 Å².